The van der Waals surface area contributed by atoms with E-state index in [-0.39, 0.29) is 30.5 Å². The van der Waals surface area contributed by atoms with Crippen molar-refractivity contribution in [2.45, 2.75) is 13.0 Å². The van der Waals surface area contributed by atoms with E-state index in [1.165, 1.54) is 35.2 Å². The van der Waals surface area contributed by atoms with Gasteiger partial charge in [-0.2, -0.15) is 0 Å². The molecule has 0 fully saturated rings. The highest BCUT2D eigenvalue weighted by molar-refractivity contribution is 6.08. The number of hydrogen-bond acceptors (Lipinski definition) is 5. The Balaban J connectivity index is 1.52. The lowest BCUT2D eigenvalue weighted by atomic mass is 10.1. The molecule has 1 atom stereocenters. The van der Waals surface area contributed by atoms with Gasteiger partial charge in [-0.05, 0) is 61.5 Å². The number of nitrogens with zero attached hydrogens (tertiary/aromatic N) is 1. The van der Waals surface area contributed by atoms with Crippen molar-refractivity contribution >= 4 is 29.0 Å². The first-order chi connectivity index (χ1) is 15.9. The van der Waals surface area contributed by atoms with E-state index in [9.17, 15) is 18.8 Å². The Morgan fingerprint density at radius 3 is 2.55 bits per heavy atom. The van der Waals surface area contributed by atoms with Crippen LogP contribution in [0.4, 0.5) is 15.8 Å². The van der Waals surface area contributed by atoms with Crippen LogP contribution in [0.1, 0.15) is 17.3 Å². The smallest absolute Gasteiger partial charge is 0.265 e. The van der Waals surface area contributed by atoms with E-state index in [0.29, 0.717) is 22.9 Å². The Hall–Kier alpha value is -4.20. The quantitative estimate of drug-likeness (QED) is 0.555. The number of rotatable bonds is 7. The second kappa shape index (κ2) is 9.52. The summed E-state index contributed by atoms with van der Waals surface area (Å²) in [5.41, 5.74) is 1.22. The van der Waals surface area contributed by atoms with Gasteiger partial charge in [-0.3, -0.25) is 19.3 Å². The topological polar surface area (TPSA) is 84.9 Å². The van der Waals surface area contributed by atoms with Crippen molar-refractivity contribution in [3.05, 3.63) is 84.2 Å². The van der Waals surface area contributed by atoms with Crippen molar-refractivity contribution in [1.82, 2.24) is 0 Å². The molecule has 3 aromatic carbocycles. The number of benzene rings is 3. The van der Waals surface area contributed by atoms with Crippen molar-refractivity contribution in [2.75, 3.05) is 23.4 Å². The number of fused-ring (bicyclic) bond motifs is 1. The highest BCUT2D eigenvalue weighted by atomic mass is 19.1. The molecule has 8 heteroatoms. The SMILES string of the molecule is CC(C(=O)Nc1ccccc1)N1C(=O)COc2ccc(C(=O)COc3ccc(F)cc3)cc21. The average Bonchev–Trinajstić information content (AvgIpc) is 2.83. The normalized spacial score (nSPS) is 13.5. The van der Waals surface area contributed by atoms with Gasteiger partial charge in [0, 0.05) is 11.3 Å². The maximum atomic E-state index is 13.0. The van der Waals surface area contributed by atoms with Crippen LogP contribution in [0.2, 0.25) is 0 Å². The van der Waals surface area contributed by atoms with Gasteiger partial charge in [-0.15, -0.1) is 0 Å². The lowest BCUT2D eigenvalue weighted by Gasteiger charge is -2.33. The molecule has 0 saturated heterocycles. The number of carbonyl (C=O) groups is 3. The van der Waals surface area contributed by atoms with Gasteiger partial charge < -0.3 is 14.8 Å². The second-order valence-electron chi connectivity index (χ2n) is 7.43. The lowest BCUT2D eigenvalue weighted by Crippen LogP contribution is -2.49. The molecule has 0 radical (unpaired) electrons. The minimum absolute atomic E-state index is 0.211. The minimum atomic E-state index is -0.846. The second-order valence-corrected chi connectivity index (χ2v) is 7.43. The third-order valence-corrected chi connectivity index (χ3v) is 5.15. The molecule has 1 N–H and O–H groups in total. The molecule has 2 amide bonds. The van der Waals surface area contributed by atoms with E-state index in [2.05, 4.69) is 5.32 Å². The molecule has 0 saturated carbocycles. The molecule has 1 aliphatic rings. The molecule has 0 aromatic heterocycles. The predicted octanol–water partition coefficient (Wildman–Crippen LogP) is 3.84. The molecule has 0 bridgehead atoms. The Morgan fingerprint density at radius 1 is 1.09 bits per heavy atom. The summed E-state index contributed by atoms with van der Waals surface area (Å²) in [5, 5.41) is 2.78. The first-order valence-corrected chi connectivity index (χ1v) is 10.3. The molecule has 1 heterocycles. The van der Waals surface area contributed by atoms with Gasteiger partial charge in [-0.1, -0.05) is 18.2 Å². The van der Waals surface area contributed by atoms with Crippen molar-refractivity contribution in [2.24, 2.45) is 0 Å². The molecule has 0 aliphatic carbocycles. The van der Waals surface area contributed by atoms with Crippen LogP contribution in [0.25, 0.3) is 0 Å². The van der Waals surface area contributed by atoms with E-state index in [1.54, 1.807) is 43.3 Å². The fraction of sp³-hybridized carbons (Fsp3) is 0.160. The number of para-hydroxylation sites is 1. The summed E-state index contributed by atoms with van der Waals surface area (Å²) in [5.74, 6) is -0.775. The average molecular weight is 448 g/mol. The monoisotopic (exact) mass is 448 g/mol. The van der Waals surface area contributed by atoms with Crippen molar-refractivity contribution < 1.29 is 28.2 Å². The summed E-state index contributed by atoms with van der Waals surface area (Å²) in [7, 11) is 0. The van der Waals surface area contributed by atoms with Gasteiger partial charge in [0.15, 0.2) is 19.0 Å². The van der Waals surface area contributed by atoms with E-state index >= 15 is 0 Å². The summed E-state index contributed by atoms with van der Waals surface area (Å²) >= 11 is 0. The molecule has 7 nitrogen and oxygen atoms in total. The highest BCUT2D eigenvalue weighted by Gasteiger charge is 2.33. The molecular formula is C25H21FN2O5. The van der Waals surface area contributed by atoms with Crippen molar-refractivity contribution in [1.29, 1.82) is 0 Å². The zero-order valence-electron chi connectivity index (χ0n) is 17.8. The largest absolute Gasteiger partial charge is 0.485 e. The Bertz CT molecular complexity index is 1180. The van der Waals surface area contributed by atoms with Crippen molar-refractivity contribution in [3.8, 4) is 11.5 Å². The number of carbonyl (C=O) groups excluding carboxylic acids is 3. The molecule has 1 aliphatic heterocycles. The maximum Gasteiger partial charge on any atom is 0.265 e. The molecule has 0 spiro atoms. The Kier molecular flexibility index (Phi) is 6.35. The first-order valence-electron chi connectivity index (χ1n) is 10.3. The van der Waals surface area contributed by atoms with Gasteiger partial charge in [0.25, 0.3) is 5.91 Å². The van der Waals surface area contributed by atoms with Gasteiger partial charge in [0.2, 0.25) is 5.91 Å². The number of Topliss-reactive ketones (excluding diaryl/α,β-unsaturated/α-hetero) is 1. The van der Waals surface area contributed by atoms with Crippen LogP contribution >= 0.6 is 0 Å². The van der Waals surface area contributed by atoms with Gasteiger partial charge in [0.05, 0.1) is 5.69 Å². The van der Waals surface area contributed by atoms with Crippen LogP contribution in [0.5, 0.6) is 11.5 Å². The number of ketones is 1. The fourth-order valence-corrected chi connectivity index (χ4v) is 3.42. The molecule has 168 valence electrons. The van der Waals surface area contributed by atoms with Crippen LogP contribution in [-0.4, -0.2) is 36.9 Å². The third kappa shape index (κ3) is 5.01. The van der Waals surface area contributed by atoms with E-state index in [0.717, 1.165) is 0 Å². The summed E-state index contributed by atoms with van der Waals surface area (Å²) in [6, 6.07) is 18.1. The number of anilines is 2. The lowest BCUT2D eigenvalue weighted by molar-refractivity contribution is -0.125. The zero-order chi connectivity index (χ0) is 23.4. The number of halogens is 1. The summed E-state index contributed by atoms with van der Waals surface area (Å²) in [6.07, 6.45) is 0. The molecule has 3 aromatic rings. The molecule has 1 unspecified atom stereocenters. The van der Waals surface area contributed by atoms with Gasteiger partial charge >= 0.3 is 0 Å². The number of nitrogens with one attached hydrogen (secondary N) is 1. The third-order valence-electron chi connectivity index (χ3n) is 5.15. The standard InChI is InChI=1S/C25H21FN2O5/c1-16(25(31)27-19-5-3-2-4-6-19)28-21-13-17(7-12-23(21)33-15-24(28)30)22(29)14-32-20-10-8-18(26)9-11-20/h2-13,16H,14-15H2,1H3,(H,27,31). The van der Waals surface area contributed by atoms with E-state index in [4.69, 9.17) is 9.47 Å². The van der Waals surface area contributed by atoms with Crippen LogP contribution < -0.4 is 19.7 Å². The van der Waals surface area contributed by atoms with Crippen LogP contribution in [0.15, 0.2) is 72.8 Å². The van der Waals surface area contributed by atoms with E-state index < -0.39 is 17.8 Å². The molecular weight excluding hydrogens is 427 g/mol. The maximum absolute atomic E-state index is 13.0. The number of amides is 2. The summed E-state index contributed by atoms with van der Waals surface area (Å²) in [4.78, 5) is 39.5. The van der Waals surface area contributed by atoms with Crippen molar-refractivity contribution in [3.63, 3.8) is 0 Å². The van der Waals surface area contributed by atoms with Gasteiger partial charge in [0.1, 0.15) is 23.4 Å². The predicted molar refractivity (Wildman–Crippen MR) is 120 cm³/mol. The fourth-order valence-electron chi connectivity index (χ4n) is 3.42. The zero-order valence-corrected chi connectivity index (χ0v) is 17.8. The van der Waals surface area contributed by atoms with Crippen LogP contribution in [0.3, 0.4) is 0 Å². The summed E-state index contributed by atoms with van der Waals surface area (Å²) in [6.45, 7) is 1.12. The first kappa shape index (κ1) is 22.0. The van der Waals surface area contributed by atoms with Crippen LogP contribution in [0, 0.1) is 5.82 Å². The number of hydrogen-bond donors (Lipinski definition) is 1. The van der Waals surface area contributed by atoms with E-state index in [1.807, 2.05) is 6.07 Å². The molecule has 33 heavy (non-hydrogen) atoms. The Labute approximate surface area is 189 Å². The Morgan fingerprint density at radius 2 is 1.82 bits per heavy atom. The summed E-state index contributed by atoms with van der Waals surface area (Å²) < 4.78 is 23.9. The van der Waals surface area contributed by atoms with Crippen LogP contribution in [-0.2, 0) is 9.59 Å². The highest BCUT2D eigenvalue weighted by Crippen LogP contribution is 2.34. The van der Waals surface area contributed by atoms with Gasteiger partial charge in [-0.25, -0.2) is 4.39 Å². The molecule has 4 rings (SSSR count). The number of ether oxygens (including phenoxy) is 2. The minimum Gasteiger partial charge on any atom is -0.485 e.